The van der Waals surface area contributed by atoms with Crippen LogP contribution in [0.15, 0.2) is 56.9 Å². The minimum absolute atomic E-state index is 0.223. The van der Waals surface area contributed by atoms with E-state index in [0.29, 0.717) is 31.6 Å². The van der Waals surface area contributed by atoms with Gasteiger partial charge in [0.15, 0.2) is 0 Å². The zero-order valence-electron chi connectivity index (χ0n) is 17.0. The Morgan fingerprint density at radius 2 is 1.94 bits per heavy atom. The molecule has 0 unspecified atom stereocenters. The Kier molecular flexibility index (Phi) is 7.56. The van der Waals surface area contributed by atoms with Crippen molar-refractivity contribution in [1.29, 1.82) is 0 Å². The van der Waals surface area contributed by atoms with Crippen LogP contribution >= 0.6 is 39.3 Å². The summed E-state index contributed by atoms with van der Waals surface area (Å²) in [5.74, 6) is -1.30. The zero-order chi connectivity index (χ0) is 22.7. The van der Waals surface area contributed by atoms with Crippen LogP contribution in [0.1, 0.15) is 25.1 Å². The van der Waals surface area contributed by atoms with Crippen molar-refractivity contribution in [2.45, 2.75) is 37.2 Å². The summed E-state index contributed by atoms with van der Waals surface area (Å²) in [4.78, 5) is 19.0. The van der Waals surface area contributed by atoms with E-state index >= 15 is 0 Å². The van der Waals surface area contributed by atoms with Gasteiger partial charge in [-0.3, -0.25) is 4.90 Å². The minimum atomic E-state index is -0.664. The Bertz CT molecular complexity index is 1130. The molecule has 0 bridgehead atoms. The van der Waals surface area contributed by atoms with Gasteiger partial charge in [-0.05, 0) is 52.7 Å². The van der Waals surface area contributed by atoms with Crippen LogP contribution in [0.4, 0.5) is 25.0 Å². The van der Waals surface area contributed by atoms with Gasteiger partial charge >= 0.3 is 6.03 Å². The van der Waals surface area contributed by atoms with Gasteiger partial charge in [-0.25, -0.2) is 18.6 Å². The van der Waals surface area contributed by atoms with Crippen molar-refractivity contribution in [1.82, 2.24) is 10.3 Å². The second-order valence-electron chi connectivity index (χ2n) is 6.32. The smallest absolute Gasteiger partial charge is 0.326 e. The van der Waals surface area contributed by atoms with Crippen molar-refractivity contribution in [3.63, 3.8) is 0 Å². The molecule has 0 fully saturated rings. The molecule has 1 aliphatic heterocycles. The van der Waals surface area contributed by atoms with E-state index in [1.54, 1.807) is 12.1 Å². The monoisotopic (exact) mass is 525 g/mol. The number of halogens is 4. The molecule has 4 nitrogen and oxygen atoms in total. The normalized spacial score (nSPS) is 12.6. The van der Waals surface area contributed by atoms with E-state index in [-0.39, 0.29) is 17.5 Å². The highest BCUT2D eigenvalue weighted by molar-refractivity contribution is 9.10. The molecule has 0 atom stereocenters. The standard InChI is InChI=1S/C20H13BrClF2N3OS.C2H6/c1-10-3-2-4-13(22)18(10)27-16-8-12(21)19(26-15(16)9-25-20(27)28)29-17-6-5-11(23)7-14(17)24;1-2/h2-8H,9H2,1H3,(H,25,28);1-2H3. The molecule has 0 saturated carbocycles. The summed E-state index contributed by atoms with van der Waals surface area (Å²) in [7, 11) is 0. The first-order valence-corrected chi connectivity index (χ1v) is 11.5. The van der Waals surface area contributed by atoms with Gasteiger partial charge in [-0.15, -0.1) is 0 Å². The van der Waals surface area contributed by atoms with Gasteiger partial charge in [-0.1, -0.05) is 49.3 Å². The van der Waals surface area contributed by atoms with Crippen LogP contribution in [-0.4, -0.2) is 11.0 Å². The highest BCUT2D eigenvalue weighted by Crippen LogP contribution is 2.42. The van der Waals surface area contributed by atoms with Crippen LogP contribution in [-0.2, 0) is 6.54 Å². The fourth-order valence-corrected chi connectivity index (χ4v) is 4.70. The van der Waals surface area contributed by atoms with Gasteiger partial charge in [0.1, 0.15) is 16.7 Å². The average Bonchev–Trinajstić information content (AvgIpc) is 2.73. The number of urea groups is 1. The molecule has 0 aliphatic carbocycles. The molecule has 2 heterocycles. The SMILES string of the molecule is CC.Cc1cccc(Cl)c1N1C(=O)NCc2nc(Sc3ccc(F)cc3F)c(Br)cc21. The number of nitrogens with one attached hydrogen (secondary N) is 1. The fourth-order valence-electron chi connectivity index (χ4n) is 3.03. The van der Waals surface area contributed by atoms with Crippen LogP contribution in [0.25, 0.3) is 0 Å². The number of hydrogen-bond donors (Lipinski definition) is 1. The molecule has 3 aromatic rings. The maximum atomic E-state index is 14.0. The summed E-state index contributed by atoms with van der Waals surface area (Å²) in [6.45, 7) is 6.09. The first kappa shape index (κ1) is 23.5. The molecule has 0 saturated heterocycles. The number of rotatable bonds is 3. The zero-order valence-corrected chi connectivity index (χ0v) is 20.1. The number of aryl methyl sites for hydroxylation is 1. The van der Waals surface area contributed by atoms with Crippen molar-refractivity contribution < 1.29 is 13.6 Å². The molecule has 1 aliphatic rings. The van der Waals surface area contributed by atoms with Gasteiger partial charge in [-0.2, -0.15) is 0 Å². The largest absolute Gasteiger partial charge is 0.332 e. The fraction of sp³-hybridized carbons (Fsp3) is 0.182. The van der Waals surface area contributed by atoms with Gasteiger partial charge in [0.25, 0.3) is 0 Å². The van der Waals surface area contributed by atoms with Crippen molar-refractivity contribution in [3.8, 4) is 0 Å². The highest BCUT2D eigenvalue weighted by Gasteiger charge is 2.30. The van der Waals surface area contributed by atoms with E-state index in [9.17, 15) is 13.6 Å². The number of benzene rings is 2. The quantitative estimate of drug-likeness (QED) is 0.382. The van der Waals surface area contributed by atoms with Crippen LogP contribution in [0, 0.1) is 18.6 Å². The topological polar surface area (TPSA) is 45.2 Å². The summed E-state index contributed by atoms with van der Waals surface area (Å²) in [6, 6.07) is 10.2. The lowest BCUT2D eigenvalue weighted by atomic mass is 10.1. The van der Waals surface area contributed by atoms with Crippen molar-refractivity contribution in [3.05, 3.63) is 74.9 Å². The molecule has 0 radical (unpaired) electrons. The molecular formula is C22H19BrClF2N3OS. The second-order valence-corrected chi connectivity index (χ2v) is 8.61. The number of carbonyl (C=O) groups excluding carboxylic acids is 1. The van der Waals surface area contributed by atoms with E-state index in [0.717, 1.165) is 23.4 Å². The van der Waals surface area contributed by atoms with Crippen LogP contribution in [0.5, 0.6) is 0 Å². The van der Waals surface area contributed by atoms with E-state index in [2.05, 4.69) is 26.2 Å². The predicted octanol–water partition coefficient (Wildman–Crippen LogP) is 7.62. The molecule has 2 aromatic carbocycles. The predicted molar refractivity (Wildman–Crippen MR) is 124 cm³/mol. The lowest BCUT2D eigenvalue weighted by molar-refractivity contribution is 0.246. The van der Waals surface area contributed by atoms with Crippen molar-refractivity contribution >= 4 is 56.7 Å². The number of anilines is 2. The van der Waals surface area contributed by atoms with Gasteiger partial charge in [0.2, 0.25) is 0 Å². The Hall–Kier alpha value is -2.16. The van der Waals surface area contributed by atoms with Gasteiger partial charge < -0.3 is 5.32 Å². The summed E-state index contributed by atoms with van der Waals surface area (Å²) in [5.41, 5.74) is 2.60. The number of para-hydroxylation sites is 1. The first-order valence-electron chi connectivity index (χ1n) is 9.50. The number of hydrogen-bond acceptors (Lipinski definition) is 3. The van der Waals surface area contributed by atoms with E-state index < -0.39 is 11.6 Å². The van der Waals surface area contributed by atoms with Crippen LogP contribution in [0.3, 0.4) is 0 Å². The van der Waals surface area contributed by atoms with Gasteiger partial charge in [0.05, 0.1) is 33.1 Å². The Balaban J connectivity index is 0.00000132. The summed E-state index contributed by atoms with van der Waals surface area (Å²) < 4.78 is 27.8. The molecule has 2 amide bonds. The molecule has 31 heavy (non-hydrogen) atoms. The second kappa shape index (κ2) is 9.97. The first-order chi connectivity index (χ1) is 14.8. The summed E-state index contributed by atoms with van der Waals surface area (Å²) in [5, 5.41) is 3.73. The molecular weight excluding hydrogens is 508 g/mol. The van der Waals surface area contributed by atoms with E-state index in [4.69, 9.17) is 11.6 Å². The van der Waals surface area contributed by atoms with Crippen molar-refractivity contribution in [2.75, 3.05) is 4.90 Å². The third-order valence-electron chi connectivity index (χ3n) is 4.36. The number of fused-ring (bicyclic) bond motifs is 1. The molecule has 0 spiro atoms. The lowest BCUT2D eigenvalue weighted by Gasteiger charge is -2.31. The number of aromatic nitrogens is 1. The Morgan fingerprint density at radius 1 is 1.19 bits per heavy atom. The highest BCUT2D eigenvalue weighted by atomic mass is 79.9. The molecule has 9 heteroatoms. The minimum Gasteiger partial charge on any atom is -0.332 e. The Labute approximate surface area is 197 Å². The average molecular weight is 527 g/mol. The van der Waals surface area contributed by atoms with Crippen LogP contribution < -0.4 is 10.2 Å². The van der Waals surface area contributed by atoms with E-state index in [1.807, 2.05) is 32.9 Å². The maximum Gasteiger partial charge on any atom is 0.326 e. The van der Waals surface area contributed by atoms with Gasteiger partial charge in [0, 0.05) is 11.0 Å². The summed E-state index contributed by atoms with van der Waals surface area (Å²) in [6.07, 6.45) is 0. The lowest BCUT2D eigenvalue weighted by Crippen LogP contribution is -2.42. The summed E-state index contributed by atoms with van der Waals surface area (Å²) >= 11 is 10.9. The Morgan fingerprint density at radius 3 is 2.61 bits per heavy atom. The molecule has 162 valence electrons. The number of carbonyl (C=O) groups is 1. The van der Waals surface area contributed by atoms with E-state index in [1.165, 1.54) is 17.0 Å². The third-order valence-corrected chi connectivity index (χ3v) is 6.59. The number of pyridine rings is 1. The third kappa shape index (κ3) is 4.86. The van der Waals surface area contributed by atoms with Crippen molar-refractivity contribution in [2.24, 2.45) is 0 Å². The molecule has 1 aromatic heterocycles. The molecule has 4 rings (SSSR count). The molecule has 1 N–H and O–H groups in total. The number of nitrogens with zero attached hydrogens (tertiary/aromatic N) is 2. The maximum absolute atomic E-state index is 14.0. The number of amides is 2. The van der Waals surface area contributed by atoms with Crippen LogP contribution in [0.2, 0.25) is 5.02 Å².